The van der Waals surface area contributed by atoms with Gasteiger partial charge in [-0.2, -0.15) is 0 Å². The Kier molecular flexibility index (Phi) is 59000. The van der Waals surface area contributed by atoms with Crippen LogP contribution in [-0.2, 0) is 19.2 Å². The standard InChI is InChI=1S/2C4H6O2.56C2H6.2CH4/c2*1-3(5)4(2)6;56*1-2;;/h2*1-2H3;56*1-2H3;2*1H4. The van der Waals surface area contributed by atoms with Gasteiger partial charge in [-0.1, -0.05) is 790 Å². The first kappa shape index (κ1) is 456. The molecule has 0 aliphatic carbocycles. The number of carbonyl (C=O) groups is 4. The van der Waals surface area contributed by atoms with Gasteiger partial charge in [0.05, 0.1) is 0 Å². The van der Waals surface area contributed by atoms with Crippen molar-refractivity contribution >= 4 is 23.1 Å². The predicted molar refractivity (Wildman–Crippen MR) is 692 cm³/mol. The molecule has 4 heteroatoms. The average Bonchev–Trinajstić information content (AvgIpc) is 1.12. The second kappa shape index (κ2) is 16300. The first-order valence-electron chi connectivity index (χ1n) is 59.3. The first-order chi connectivity index (χ1) is 61.3. The molecule has 0 saturated heterocycles. The third kappa shape index (κ3) is 40700. The van der Waals surface area contributed by atoms with Gasteiger partial charge in [-0.3, -0.25) is 19.2 Å². The third-order valence-electron chi connectivity index (χ3n) is 0.992. The lowest BCUT2D eigenvalue weighted by molar-refractivity contribution is -0.134. The van der Waals surface area contributed by atoms with Gasteiger partial charge in [-0.05, 0) is 0 Å². The topological polar surface area (TPSA) is 68.3 Å². The van der Waals surface area contributed by atoms with Gasteiger partial charge in [0.2, 0.25) is 0 Å². The molecule has 126 heavy (non-hydrogen) atoms. The highest BCUT2D eigenvalue weighted by Gasteiger charge is 1.94. The van der Waals surface area contributed by atoms with Crippen molar-refractivity contribution in [3.05, 3.63) is 0 Å². The van der Waals surface area contributed by atoms with E-state index >= 15 is 0 Å². The molecule has 0 rings (SSSR count). The maximum Gasteiger partial charge on any atom is 0.195 e. The summed E-state index contributed by atoms with van der Waals surface area (Å²) < 4.78 is 0. The van der Waals surface area contributed by atoms with Crippen LogP contribution in [0, 0.1) is 0 Å². The summed E-state index contributed by atoms with van der Waals surface area (Å²) in [4.78, 5) is 39.2. The zero-order chi connectivity index (χ0) is 122. The summed E-state index contributed by atoms with van der Waals surface area (Å²) in [6.45, 7) is 229. The Morgan fingerprint density at radius 2 is 0.0714 bits per heavy atom. The SMILES string of the molecule is C.C.CC.CC.CC.CC.CC.CC.CC.CC.CC.CC.CC.CC.CC.CC.CC.CC.CC.CC.CC.CC.CC.CC.CC.CC.CC.CC.CC.CC.CC.CC.CC.CC.CC.CC.CC.CC.CC.CC.CC.CC.CC.CC.CC.CC.CC.CC.CC.CC.CC.CC.CC.CC.CC.CC.CC.CC.CC(=O)C(C)=O.CC(=O)C(C)=O. The molecule has 0 amide bonds. The number of rotatable bonds is 2. The van der Waals surface area contributed by atoms with Crippen LogP contribution in [0.25, 0.3) is 0 Å². The van der Waals surface area contributed by atoms with Crippen LogP contribution in [0.1, 0.15) is 818 Å². The van der Waals surface area contributed by atoms with Gasteiger partial charge in [0, 0.05) is 27.7 Å². The van der Waals surface area contributed by atoms with Crippen LogP contribution in [0.15, 0.2) is 0 Å². The number of hydrogen-bond donors (Lipinski definition) is 0. The monoisotopic (exact) mass is 1890 g/mol. The van der Waals surface area contributed by atoms with Crippen LogP contribution in [-0.4, -0.2) is 23.1 Å². The zero-order valence-corrected chi connectivity index (χ0v) is 120. The summed E-state index contributed by atoms with van der Waals surface area (Å²) in [5.41, 5.74) is 0. The van der Waals surface area contributed by atoms with E-state index in [1.807, 2.05) is 775 Å². The molecule has 0 spiro atoms. The zero-order valence-electron chi connectivity index (χ0n) is 120. The molecule has 0 saturated carbocycles. The molecular weight excluding hydrogens is 1530 g/mol. The van der Waals surface area contributed by atoms with Gasteiger partial charge in [0.15, 0.2) is 23.1 Å². The van der Waals surface area contributed by atoms with Gasteiger partial charge in [0.1, 0.15) is 0 Å². The smallest absolute Gasteiger partial charge is 0.195 e. The molecule has 0 fully saturated rings. The van der Waals surface area contributed by atoms with Crippen molar-refractivity contribution in [3.63, 3.8) is 0 Å². The number of carbonyl (C=O) groups excluding carboxylic acids is 4. The molecule has 0 aliphatic heterocycles. The molecule has 0 N–H and O–H groups in total. The van der Waals surface area contributed by atoms with Crippen LogP contribution in [0.3, 0.4) is 0 Å². The Balaban J connectivity index is -0.00000000609. The fraction of sp³-hybridized carbons (Fsp3) is 0.967. The average molecular weight is 1890 g/mol. The normalized spacial score (nSPS) is 3.40. The van der Waals surface area contributed by atoms with E-state index in [0.29, 0.717) is 0 Å². The summed E-state index contributed by atoms with van der Waals surface area (Å²) >= 11 is 0. The second-order valence-corrected chi connectivity index (χ2v) is 2.22. The van der Waals surface area contributed by atoms with Crippen molar-refractivity contribution in [2.75, 3.05) is 0 Å². The maximum atomic E-state index is 9.79. The molecular formula is C122H356O4. The van der Waals surface area contributed by atoms with Crippen LogP contribution < -0.4 is 0 Å². The summed E-state index contributed by atoms with van der Waals surface area (Å²) in [5, 5.41) is 0. The molecule has 0 radical (unpaired) electrons. The largest absolute Gasteiger partial charge is 0.291 e. The minimum absolute atomic E-state index is 0. The first-order valence-corrected chi connectivity index (χ1v) is 59.3. The fourth-order valence-electron chi connectivity index (χ4n) is 0. The summed E-state index contributed by atoms with van der Waals surface area (Å²) in [5.74, 6) is -1.52. The van der Waals surface area contributed by atoms with Crippen molar-refractivity contribution in [1.82, 2.24) is 0 Å². The molecule has 4 nitrogen and oxygen atoms in total. The minimum atomic E-state index is -0.380. The Bertz CT molecular complexity index is 182. The van der Waals surface area contributed by atoms with Crippen molar-refractivity contribution < 1.29 is 19.2 Å². The highest BCUT2D eigenvalue weighted by Crippen LogP contribution is 1.67. The maximum absolute atomic E-state index is 9.79. The number of ketones is 4. The lowest BCUT2D eigenvalue weighted by atomic mass is 10.3. The lowest BCUT2D eigenvalue weighted by Gasteiger charge is -1.73. The third-order valence-corrected chi connectivity index (χ3v) is 0.992. The lowest BCUT2D eigenvalue weighted by Crippen LogP contribution is -2.01. The summed E-state index contributed by atoms with van der Waals surface area (Å²) in [7, 11) is 0. The fourth-order valence-corrected chi connectivity index (χ4v) is 0. The van der Waals surface area contributed by atoms with E-state index < -0.39 is 0 Å². The molecule has 0 heterocycles. The molecule has 0 unspecified atom stereocenters. The molecule has 0 aromatic rings. The van der Waals surface area contributed by atoms with Crippen molar-refractivity contribution in [1.29, 1.82) is 0 Å². The van der Waals surface area contributed by atoms with E-state index in [1.165, 1.54) is 27.7 Å². The quantitative estimate of drug-likeness (QED) is 0.258. The summed E-state index contributed by atoms with van der Waals surface area (Å²) in [6, 6.07) is 0. The molecule has 0 aliphatic rings. The Hall–Kier alpha value is -1.32. The van der Waals surface area contributed by atoms with Crippen LogP contribution >= 0.6 is 0 Å². The minimum Gasteiger partial charge on any atom is -0.291 e. The highest BCUT2D eigenvalue weighted by atomic mass is 16.2. The molecule has 0 bridgehead atoms. The van der Waals surface area contributed by atoms with E-state index in [4.69, 9.17) is 0 Å². The van der Waals surface area contributed by atoms with E-state index in [0.717, 1.165) is 0 Å². The van der Waals surface area contributed by atoms with Gasteiger partial charge < -0.3 is 0 Å². The number of hydrogen-bond acceptors (Lipinski definition) is 4. The summed E-state index contributed by atoms with van der Waals surface area (Å²) in [6.07, 6.45) is 0. The second-order valence-electron chi connectivity index (χ2n) is 2.22. The predicted octanol–water partition coefficient (Wildman–Crippen LogP) is 59.1. The van der Waals surface area contributed by atoms with Gasteiger partial charge in [-0.15, -0.1) is 0 Å². The van der Waals surface area contributed by atoms with Gasteiger partial charge in [-0.25, -0.2) is 0 Å². The molecule has 0 aromatic heterocycles. The number of Topliss-reactive ketones (excluding diaryl/α,β-unsaturated/α-hetero) is 4. The Labute approximate surface area is 855 Å². The van der Waals surface area contributed by atoms with Gasteiger partial charge in [0.25, 0.3) is 0 Å². The van der Waals surface area contributed by atoms with E-state index in [1.54, 1.807) is 0 Å². The van der Waals surface area contributed by atoms with Gasteiger partial charge >= 0.3 is 0 Å². The van der Waals surface area contributed by atoms with Crippen LogP contribution in [0.5, 0.6) is 0 Å². The van der Waals surface area contributed by atoms with Crippen molar-refractivity contribution in [3.8, 4) is 0 Å². The van der Waals surface area contributed by atoms with Crippen LogP contribution in [0.2, 0.25) is 0 Å². The van der Waals surface area contributed by atoms with Crippen molar-refractivity contribution in [2.45, 2.75) is 818 Å². The molecule has 0 atom stereocenters. The molecule has 0 aromatic carbocycles. The highest BCUT2D eigenvalue weighted by molar-refractivity contribution is 6.35. The van der Waals surface area contributed by atoms with E-state index in [9.17, 15) is 19.2 Å². The molecule has 868 valence electrons. The Morgan fingerprint density at radius 1 is 0.0635 bits per heavy atom. The Morgan fingerprint density at radius 3 is 0.0714 bits per heavy atom. The van der Waals surface area contributed by atoms with Crippen molar-refractivity contribution in [2.24, 2.45) is 0 Å². The van der Waals surface area contributed by atoms with Crippen LogP contribution in [0.4, 0.5) is 0 Å². The van der Waals surface area contributed by atoms with E-state index in [2.05, 4.69) is 0 Å². The van der Waals surface area contributed by atoms with E-state index in [-0.39, 0.29) is 38.0 Å².